The average molecular weight is 330 g/mol. The van der Waals surface area contributed by atoms with Crippen molar-refractivity contribution >= 4 is 22.0 Å². The molecular weight excluding hydrogens is 310 g/mol. The molecule has 2 atom stereocenters. The number of carbonyl (C=O) groups is 1. The van der Waals surface area contributed by atoms with Crippen molar-refractivity contribution in [1.29, 1.82) is 0 Å². The van der Waals surface area contributed by atoms with Crippen molar-refractivity contribution < 1.29 is 14.6 Å². The molecule has 0 radical (unpaired) electrons. The van der Waals surface area contributed by atoms with E-state index in [1.807, 2.05) is 44.2 Å². The van der Waals surface area contributed by atoms with E-state index in [4.69, 9.17) is 4.74 Å². The first-order valence-corrected chi connectivity index (χ1v) is 7.38. The third kappa shape index (κ3) is 5.61. The Balaban J connectivity index is 2.45. The van der Waals surface area contributed by atoms with E-state index in [2.05, 4.69) is 21.2 Å². The lowest BCUT2D eigenvalue weighted by Crippen LogP contribution is -2.47. The molecular formula is C14H20BrNO3. The van der Waals surface area contributed by atoms with Crippen LogP contribution in [0.1, 0.15) is 19.4 Å². The van der Waals surface area contributed by atoms with Gasteiger partial charge in [-0.1, -0.05) is 60.1 Å². The summed E-state index contributed by atoms with van der Waals surface area (Å²) in [7, 11) is 0. The number of amides is 1. The molecule has 0 saturated carbocycles. The molecule has 19 heavy (non-hydrogen) atoms. The first-order chi connectivity index (χ1) is 9.04. The molecule has 4 nitrogen and oxygen atoms in total. The molecule has 0 fully saturated rings. The lowest BCUT2D eigenvalue weighted by molar-refractivity contribution is 0.0984. The maximum Gasteiger partial charge on any atom is 0.407 e. The molecule has 0 unspecified atom stereocenters. The number of halogens is 1. The minimum Gasteiger partial charge on any atom is -0.445 e. The monoisotopic (exact) mass is 329 g/mol. The molecule has 1 aromatic rings. The first kappa shape index (κ1) is 16.0. The van der Waals surface area contributed by atoms with Crippen molar-refractivity contribution in [1.82, 2.24) is 5.32 Å². The standard InChI is InChI=1S/C14H20BrNO3/c1-10(2)13(12(17)8-15)16-14(18)19-9-11-6-4-3-5-7-11/h3-7,10,12-13,17H,8-9H2,1-2H3,(H,16,18)/t12-,13+/m1/s1. The third-order valence-corrected chi connectivity index (χ3v) is 3.45. The van der Waals surface area contributed by atoms with Crippen molar-refractivity contribution in [3.05, 3.63) is 35.9 Å². The molecule has 106 valence electrons. The highest BCUT2D eigenvalue weighted by atomic mass is 79.9. The molecule has 1 rings (SSSR count). The van der Waals surface area contributed by atoms with Gasteiger partial charge in [-0.2, -0.15) is 0 Å². The van der Waals surface area contributed by atoms with Gasteiger partial charge in [0, 0.05) is 5.33 Å². The normalized spacial score (nSPS) is 13.9. The number of hydrogen-bond donors (Lipinski definition) is 2. The molecule has 0 aliphatic rings. The van der Waals surface area contributed by atoms with Gasteiger partial charge in [-0.25, -0.2) is 4.79 Å². The van der Waals surface area contributed by atoms with E-state index in [9.17, 15) is 9.90 Å². The van der Waals surface area contributed by atoms with Crippen LogP contribution in [0.15, 0.2) is 30.3 Å². The Morgan fingerprint density at radius 1 is 1.37 bits per heavy atom. The smallest absolute Gasteiger partial charge is 0.407 e. The SMILES string of the molecule is CC(C)[C@H](NC(=O)OCc1ccccc1)[C@H](O)CBr. The van der Waals surface area contributed by atoms with Gasteiger partial charge in [0.2, 0.25) is 0 Å². The van der Waals surface area contributed by atoms with Gasteiger partial charge >= 0.3 is 6.09 Å². The van der Waals surface area contributed by atoms with Crippen molar-refractivity contribution in [2.75, 3.05) is 5.33 Å². The van der Waals surface area contributed by atoms with Crippen molar-refractivity contribution in [2.45, 2.75) is 32.6 Å². The molecule has 0 saturated heterocycles. The summed E-state index contributed by atoms with van der Waals surface area (Å²) >= 11 is 3.21. The predicted octanol–water partition coefficient (Wildman–Crippen LogP) is 2.69. The number of alkyl carbamates (subject to hydrolysis) is 1. The Bertz CT molecular complexity index is 384. The van der Waals surface area contributed by atoms with Crippen LogP contribution in [0.3, 0.4) is 0 Å². The van der Waals surface area contributed by atoms with E-state index < -0.39 is 12.2 Å². The molecule has 1 aromatic carbocycles. The summed E-state index contributed by atoms with van der Waals surface area (Å²) in [6.07, 6.45) is -1.15. The molecule has 1 amide bonds. The fourth-order valence-electron chi connectivity index (χ4n) is 1.70. The second-order valence-corrected chi connectivity index (χ2v) is 5.35. The zero-order valence-corrected chi connectivity index (χ0v) is 12.8. The Hall–Kier alpha value is -1.07. The van der Waals surface area contributed by atoms with Gasteiger partial charge < -0.3 is 15.2 Å². The quantitative estimate of drug-likeness (QED) is 0.789. The van der Waals surface area contributed by atoms with Crippen LogP contribution in [0.2, 0.25) is 0 Å². The van der Waals surface area contributed by atoms with Crippen LogP contribution < -0.4 is 5.32 Å². The first-order valence-electron chi connectivity index (χ1n) is 6.25. The van der Waals surface area contributed by atoms with Gasteiger partial charge in [-0.3, -0.25) is 0 Å². The molecule has 2 N–H and O–H groups in total. The number of ether oxygens (including phenoxy) is 1. The topological polar surface area (TPSA) is 58.6 Å². The van der Waals surface area contributed by atoms with Crippen LogP contribution in [0.4, 0.5) is 4.79 Å². The van der Waals surface area contributed by atoms with Crippen LogP contribution in [-0.2, 0) is 11.3 Å². The van der Waals surface area contributed by atoms with E-state index in [1.165, 1.54) is 0 Å². The van der Waals surface area contributed by atoms with Gasteiger partial charge in [0.1, 0.15) is 6.61 Å². The number of hydrogen-bond acceptors (Lipinski definition) is 3. The Morgan fingerprint density at radius 3 is 2.53 bits per heavy atom. The summed E-state index contributed by atoms with van der Waals surface area (Å²) in [5, 5.41) is 12.9. The van der Waals surface area contributed by atoms with E-state index in [-0.39, 0.29) is 18.6 Å². The van der Waals surface area contributed by atoms with E-state index in [0.717, 1.165) is 5.56 Å². The maximum absolute atomic E-state index is 11.7. The fourth-order valence-corrected chi connectivity index (χ4v) is 2.11. The summed E-state index contributed by atoms with van der Waals surface area (Å²) < 4.78 is 5.13. The van der Waals surface area contributed by atoms with Crippen molar-refractivity contribution in [3.63, 3.8) is 0 Å². The number of aliphatic hydroxyl groups excluding tert-OH is 1. The van der Waals surface area contributed by atoms with E-state index in [0.29, 0.717) is 5.33 Å². The average Bonchev–Trinajstić information content (AvgIpc) is 2.42. The van der Waals surface area contributed by atoms with Gasteiger partial charge in [-0.15, -0.1) is 0 Å². The van der Waals surface area contributed by atoms with Crippen molar-refractivity contribution in [3.8, 4) is 0 Å². The largest absolute Gasteiger partial charge is 0.445 e. The Labute approximate surface area is 122 Å². The molecule has 5 heteroatoms. The number of nitrogens with one attached hydrogen (secondary N) is 1. The zero-order chi connectivity index (χ0) is 14.3. The van der Waals surface area contributed by atoms with Gasteiger partial charge in [0.25, 0.3) is 0 Å². The Morgan fingerprint density at radius 2 is 2.00 bits per heavy atom. The minimum atomic E-state index is -0.635. The highest BCUT2D eigenvalue weighted by Crippen LogP contribution is 2.09. The summed E-state index contributed by atoms with van der Waals surface area (Å²) in [6.45, 7) is 4.10. The second-order valence-electron chi connectivity index (χ2n) is 4.70. The molecule has 0 bridgehead atoms. The lowest BCUT2D eigenvalue weighted by atomic mass is 10.00. The van der Waals surface area contributed by atoms with Crippen LogP contribution in [-0.4, -0.2) is 28.7 Å². The summed E-state index contributed by atoms with van der Waals surface area (Å²) in [5.41, 5.74) is 0.930. The third-order valence-electron chi connectivity index (χ3n) is 2.79. The minimum absolute atomic E-state index is 0.122. The zero-order valence-electron chi connectivity index (χ0n) is 11.2. The van der Waals surface area contributed by atoms with Crippen LogP contribution in [0, 0.1) is 5.92 Å². The highest BCUT2D eigenvalue weighted by Gasteiger charge is 2.24. The van der Waals surface area contributed by atoms with Crippen molar-refractivity contribution in [2.24, 2.45) is 5.92 Å². The number of carbonyl (C=O) groups excluding carboxylic acids is 1. The maximum atomic E-state index is 11.7. The molecule has 0 aliphatic heterocycles. The van der Waals surface area contributed by atoms with Gasteiger partial charge in [0.15, 0.2) is 0 Å². The van der Waals surface area contributed by atoms with Gasteiger partial charge in [-0.05, 0) is 11.5 Å². The molecule has 0 heterocycles. The van der Waals surface area contributed by atoms with E-state index in [1.54, 1.807) is 0 Å². The second kappa shape index (κ2) is 8.17. The number of alkyl halides is 1. The summed E-state index contributed by atoms with van der Waals surface area (Å²) in [6, 6.07) is 9.14. The lowest BCUT2D eigenvalue weighted by Gasteiger charge is -2.25. The highest BCUT2D eigenvalue weighted by molar-refractivity contribution is 9.09. The Kier molecular flexibility index (Phi) is 6.87. The van der Waals surface area contributed by atoms with Crippen LogP contribution in [0.5, 0.6) is 0 Å². The molecule has 0 aliphatic carbocycles. The number of aliphatic hydroxyl groups is 1. The van der Waals surface area contributed by atoms with Crippen LogP contribution in [0.25, 0.3) is 0 Å². The molecule has 0 spiro atoms. The summed E-state index contributed by atoms with van der Waals surface area (Å²) in [4.78, 5) is 11.7. The van der Waals surface area contributed by atoms with Crippen LogP contribution >= 0.6 is 15.9 Å². The summed E-state index contributed by atoms with van der Waals surface area (Å²) in [5.74, 6) is 0.122. The van der Waals surface area contributed by atoms with E-state index >= 15 is 0 Å². The number of benzene rings is 1. The fraction of sp³-hybridized carbons (Fsp3) is 0.500. The molecule has 0 aromatic heterocycles. The predicted molar refractivity (Wildman–Crippen MR) is 78.2 cm³/mol. The van der Waals surface area contributed by atoms with Gasteiger partial charge in [0.05, 0.1) is 12.1 Å². The number of rotatable bonds is 6.